The van der Waals surface area contributed by atoms with E-state index in [4.69, 9.17) is 9.52 Å². The Bertz CT molecular complexity index is 1600. The summed E-state index contributed by atoms with van der Waals surface area (Å²) < 4.78 is 56.3. The van der Waals surface area contributed by atoms with E-state index in [9.17, 15) is 13.4 Å². The predicted molar refractivity (Wildman–Crippen MR) is 128 cm³/mol. The second-order valence-corrected chi connectivity index (χ2v) is 10.7. The first kappa shape index (κ1) is 23.0. The number of fused-ring (bicyclic) bond motifs is 2. The molecule has 1 aliphatic heterocycles. The third-order valence-electron chi connectivity index (χ3n) is 6.08. The van der Waals surface area contributed by atoms with Gasteiger partial charge in [-0.25, -0.2) is 22.8 Å². The fourth-order valence-electron chi connectivity index (χ4n) is 4.23. The van der Waals surface area contributed by atoms with Crippen LogP contribution in [0.3, 0.4) is 0 Å². The molecule has 0 radical (unpaired) electrons. The van der Waals surface area contributed by atoms with Crippen molar-refractivity contribution in [3.05, 3.63) is 77.8 Å². The van der Waals surface area contributed by atoms with Crippen LogP contribution in [0.15, 0.2) is 59.6 Å². The highest BCUT2D eigenvalue weighted by Crippen LogP contribution is 2.37. The van der Waals surface area contributed by atoms with Gasteiger partial charge in [0.1, 0.15) is 11.5 Å². The highest BCUT2D eigenvalue weighted by Gasteiger charge is 2.34. The molecular weight excluding hydrogens is 474 g/mol. The molecule has 0 saturated heterocycles. The van der Waals surface area contributed by atoms with Gasteiger partial charge in [0, 0.05) is 29.0 Å². The molecule has 180 valence electrons. The van der Waals surface area contributed by atoms with Crippen molar-refractivity contribution in [2.45, 2.75) is 31.4 Å². The number of aromatic nitrogens is 2. The van der Waals surface area contributed by atoms with Crippen molar-refractivity contribution in [3.8, 4) is 16.9 Å². The number of hydrogen-bond acceptors (Lipinski definition) is 5. The van der Waals surface area contributed by atoms with Crippen LogP contribution in [0, 0.1) is 23.3 Å². The Hall–Kier alpha value is -3.79. The molecular formula is C25H22F2N4O3S. The number of amides is 1. The van der Waals surface area contributed by atoms with Gasteiger partial charge in [0.25, 0.3) is 5.91 Å². The van der Waals surface area contributed by atoms with Gasteiger partial charge in [-0.2, -0.15) is 0 Å². The van der Waals surface area contributed by atoms with Crippen LogP contribution in [0.5, 0.6) is 5.75 Å². The molecule has 0 saturated carbocycles. The summed E-state index contributed by atoms with van der Waals surface area (Å²) >= 11 is 0. The van der Waals surface area contributed by atoms with Gasteiger partial charge in [0.05, 0.1) is 33.3 Å². The molecule has 1 aliphatic rings. The molecule has 0 bridgehead atoms. The number of hydrogen-bond donors (Lipinski definition) is 1. The number of rotatable bonds is 4. The molecule has 4 aromatic rings. The van der Waals surface area contributed by atoms with Crippen molar-refractivity contribution in [3.63, 3.8) is 0 Å². The first-order chi connectivity index (χ1) is 16.5. The van der Waals surface area contributed by atoms with Crippen LogP contribution in [-0.4, -0.2) is 31.9 Å². The number of pyridine rings is 1. The zero-order valence-corrected chi connectivity index (χ0v) is 20.0. The van der Waals surface area contributed by atoms with Crippen LogP contribution in [0.25, 0.3) is 16.8 Å². The third kappa shape index (κ3) is 3.93. The number of halogens is 2. The normalized spacial score (nSPS) is 17.2. The predicted octanol–water partition coefficient (Wildman–Crippen LogP) is 4.94. The van der Waals surface area contributed by atoms with E-state index in [1.54, 1.807) is 54.8 Å². The molecule has 0 spiro atoms. The number of ether oxygens (including phenoxy) is 1. The van der Waals surface area contributed by atoms with Crippen LogP contribution in [0.1, 0.15) is 18.3 Å². The maximum Gasteiger partial charge on any atom is 0.268 e. The lowest BCUT2D eigenvalue weighted by Gasteiger charge is -2.33. The fraction of sp³-hybridized carbons (Fsp3) is 0.200. The number of nitrogens with zero attached hydrogens (tertiary/aromatic N) is 3. The van der Waals surface area contributed by atoms with Crippen LogP contribution in [0.4, 0.5) is 14.5 Å². The number of anilines is 1. The van der Waals surface area contributed by atoms with Gasteiger partial charge in [-0.05, 0) is 43.7 Å². The van der Waals surface area contributed by atoms with Crippen molar-refractivity contribution < 1.29 is 22.5 Å². The molecule has 2 aromatic heterocycles. The lowest BCUT2D eigenvalue weighted by molar-refractivity contribution is -0.125. The molecule has 35 heavy (non-hydrogen) atoms. The Morgan fingerprint density at radius 3 is 2.54 bits per heavy atom. The number of nitrogens with one attached hydrogen (secondary N) is 1. The second kappa shape index (κ2) is 8.16. The molecule has 1 amide bonds. The molecule has 0 fully saturated rings. The van der Waals surface area contributed by atoms with Crippen molar-refractivity contribution in [1.29, 1.82) is 4.78 Å². The smallest absolute Gasteiger partial charge is 0.268 e. The Morgan fingerprint density at radius 2 is 1.86 bits per heavy atom. The SMILES string of the molecule is Cc1nc2cc(F)c(-c3ccc(S(C)(=N)=O)cc3)cn2c1CN1C(=O)[C@H](C)Oc2c(F)cccc21. The van der Waals surface area contributed by atoms with Crippen molar-refractivity contribution >= 4 is 27.0 Å². The lowest BCUT2D eigenvalue weighted by Crippen LogP contribution is -2.44. The minimum absolute atomic E-state index is 0.0137. The topological polar surface area (TPSA) is 87.8 Å². The maximum atomic E-state index is 15.0. The number of para-hydroxylation sites is 1. The number of aryl methyl sites for hydroxylation is 1. The summed E-state index contributed by atoms with van der Waals surface area (Å²) in [4.78, 5) is 19.2. The van der Waals surface area contributed by atoms with E-state index in [0.29, 0.717) is 33.2 Å². The summed E-state index contributed by atoms with van der Waals surface area (Å²) in [5.74, 6) is -1.36. The molecule has 10 heteroatoms. The van der Waals surface area contributed by atoms with E-state index in [1.807, 2.05) is 0 Å². The Labute approximate surface area is 201 Å². The van der Waals surface area contributed by atoms with Gasteiger partial charge in [0.2, 0.25) is 0 Å². The standard InChI is InChI=1S/C25H22F2N4O3S/c1-14-22(13-31-21-6-4-5-19(26)24(21)34-15(2)25(31)32)30-12-18(20(27)11-23(30)29-14)16-7-9-17(10-8-16)35(3,28)33/h4-12,15,28H,13H2,1-3H3/t15-,35?/m0/s1. The van der Waals surface area contributed by atoms with Crippen molar-refractivity contribution in [1.82, 2.24) is 9.38 Å². The summed E-state index contributed by atoms with van der Waals surface area (Å²) in [7, 11) is -2.89. The molecule has 3 heterocycles. The molecule has 0 aliphatic carbocycles. The summed E-state index contributed by atoms with van der Waals surface area (Å²) in [6, 6.07) is 12.0. The van der Waals surface area contributed by atoms with Gasteiger partial charge in [0.15, 0.2) is 17.7 Å². The van der Waals surface area contributed by atoms with Crippen molar-refractivity contribution in [2.24, 2.45) is 0 Å². The average molecular weight is 497 g/mol. The van der Waals surface area contributed by atoms with Gasteiger partial charge in [-0.1, -0.05) is 18.2 Å². The van der Waals surface area contributed by atoms with E-state index in [1.165, 1.54) is 29.4 Å². The minimum Gasteiger partial charge on any atom is -0.476 e. The summed E-state index contributed by atoms with van der Waals surface area (Å²) in [5, 5.41) is 0. The van der Waals surface area contributed by atoms with Crippen LogP contribution >= 0.6 is 0 Å². The molecule has 1 unspecified atom stereocenters. The van der Waals surface area contributed by atoms with E-state index in [-0.39, 0.29) is 23.8 Å². The third-order valence-corrected chi connectivity index (χ3v) is 7.25. The highest BCUT2D eigenvalue weighted by atomic mass is 32.2. The van der Waals surface area contributed by atoms with Crippen LogP contribution < -0.4 is 9.64 Å². The fourth-order valence-corrected chi connectivity index (χ4v) is 4.89. The highest BCUT2D eigenvalue weighted by molar-refractivity contribution is 7.91. The first-order valence-electron chi connectivity index (χ1n) is 10.8. The molecule has 2 aromatic carbocycles. The quantitative estimate of drug-likeness (QED) is 0.434. The molecule has 7 nitrogen and oxygen atoms in total. The van der Waals surface area contributed by atoms with E-state index in [2.05, 4.69) is 4.98 Å². The zero-order chi connectivity index (χ0) is 25.1. The lowest BCUT2D eigenvalue weighted by atomic mass is 10.1. The van der Waals surface area contributed by atoms with E-state index < -0.39 is 27.5 Å². The molecule has 5 rings (SSSR count). The van der Waals surface area contributed by atoms with E-state index >= 15 is 4.39 Å². The minimum atomic E-state index is -2.89. The van der Waals surface area contributed by atoms with Crippen LogP contribution in [0.2, 0.25) is 0 Å². The Morgan fingerprint density at radius 1 is 1.14 bits per heavy atom. The van der Waals surface area contributed by atoms with Crippen LogP contribution in [-0.2, 0) is 21.1 Å². The van der Waals surface area contributed by atoms with Crippen molar-refractivity contribution in [2.75, 3.05) is 11.2 Å². The summed E-state index contributed by atoms with van der Waals surface area (Å²) in [6.45, 7) is 3.41. The molecule has 2 atom stereocenters. The monoisotopic (exact) mass is 496 g/mol. The number of imidazole rings is 1. The molecule has 1 N–H and O–H groups in total. The Kier molecular flexibility index (Phi) is 5.36. The van der Waals surface area contributed by atoms with Gasteiger partial charge < -0.3 is 9.14 Å². The van der Waals surface area contributed by atoms with Gasteiger partial charge >= 0.3 is 0 Å². The number of carbonyl (C=O) groups excluding carboxylic acids is 1. The largest absolute Gasteiger partial charge is 0.476 e. The zero-order valence-electron chi connectivity index (χ0n) is 19.2. The summed E-state index contributed by atoms with van der Waals surface area (Å²) in [5.41, 5.74) is 2.74. The second-order valence-electron chi connectivity index (χ2n) is 8.55. The van der Waals surface area contributed by atoms with Gasteiger partial charge in [-0.3, -0.25) is 9.69 Å². The number of carbonyl (C=O) groups is 1. The van der Waals surface area contributed by atoms with Gasteiger partial charge in [-0.15, -0.1) is 0 Å². The van der Waals surface area contributed by atoms with E-state index in [0.717, 1.165) is 0 Å². The maximum absolute atomic E-state index is 15.0. The number of benzene rings is 2. The first-order valence-corrected chi connectivity index (χ1v) is 12.8. The summed E-state index contributed by atoms with van der Waals surface area (Å²) in [6.07, 6.45) is 2.06. The average Bonchev–Trinajstić information content (AvgIpc) is 3.10. The Balaban J connectivity index is 1.60.